The average molecular weight is 575 g/mol. The standard InChI is InChI=1S/C43H30N2/c1-43(2)37-18-10-17-34(41(37)36-23-30-14-6-7-15-31(30)25-38(36)43)40-26-39(44-42(45-40)29-12-4-3-5-13-29)32-22-21-28-20-19-27-11-8-9-16-33(27)35(28)24-32/h3-26H,1-2H3. The van der Waals surface area contributed by atoms with Gasteiger partial charge in [-0.15, -0.1) is 0 Å². The summed E-state index contributed by atoms with van der Waals surface area (Å²) in [6.45, 7) is 4.69. The highest BCUT2D eigenvalue weighted by atomic mass is 14.9. The summed E-state index contributed by atoms with van der Waals surface area (Å²) in [4.78, 5) is 10.4. The van der Waals surface area contributed by atoms with Crippen LogP contribution in [0.15, 0.2) is 146 Å². The first-order valence-electron chi connectivity index (χ1n) is 15.6. The second-order valence-corrected chi connectivity index (χ2v) is 12.6. The van der Waals surface area contributed by atoms with Crippen LogP contribution in [0.25, 0.3) is 77.3 Å². The third-order valence-corrected chi connectivity index (χ3v) is 9.64. The topological polar surface area (TPSA) is 25.8 Å². The Bertz CT molecular complexity index is 2450. The minimum atomic E-state index is -0.123. The molecule has 8 aromatic rings. The fourth-order valence-corrected chi connectivity index (χ4v) is 7.30. The summed E-state index contributed by atoms with van der Waals surface area (Å²) >= 11 is 0. The summed E-state index contributed by atoms with van der Waals surface area (Å²) < 4.78 is 0. The van der Waals surface area contributed by atoms with Crippen LogP contribution in [0.3, 0.4) is 0 Å². The van der Waals surface area contributed by atoms with Crippen LogP contribution in [0.1, 0.15) is 25.0 Å². The molecule has 45 heavy (non-hydrogen) atoms. The van der Waals surface area contributed by atoms with Crippen molar-refractivity contribution in [2.45, 2.75) is 19.3 Å². The van der Waals surface area contributed by atoms with Gasteiger partial charge in [-0.2, -0.15) is 0 Å². The van der Waals surface area contributed by atoms with Crippen molar-refractivity contribution in [3.8, 4) is 45.0 Å². The van der Waals surface area contributed by atoms with Crippen molar-refractivity contribution in [2.75, 3.05) is 0 Å². The number of rotatable bonds is 3. The lowest BCUT2D eigenvalue weighted by atomic mass is 9.81. The molecule has 2 nitrogen and oxygen atoms in total. The number of hydrogen-bond acceptors (Lipinski definition) is 2. The van der Waals surface area contributed by atoms with Gasteiger partial charge >= 0.3 is 0 Å². The molecule has 7 aromatic carbocycles. The number of hydrogen-bond donors (Lipinski definition) is 0. The monoisotopic (exact) mass is 574 g/mol. The van der Waals surface area contributed by atoms with Crippen molar-refractivity contribution >= 4 is 32.3 Å². The molecule has 0 atom stereocenters. The minimum Gasteiger partial charge on any atom is -0.228 e. The lowest BCUT2D eigenvalue weighted by molar-refractivity contribution is 0.661. The first-order chi connectivity index (χ1) is 22.0. The van der Waals surface area contributed by atoms with Crippen LogP contribution < -0.4 is 0 Å². The molecule has 0 fully saturated rings. The molecule has 212 valence electrons. The van der Waals surface area contributed by atoms with Crippen LogP contribution in [0, 0.1) is 0 Å². The second-order valence-electron chi connectivity index (χ2n) is 12.6. The zero-order chi connectivity index (χ0) is 30.1. The number of nitrogens with zero attached hydrogens (tertiary/aromatic N) is 2. The molecule has 0 N–H and O–H groups in total. The molecule has 0 saturated heterocycles. The van der Waals surface area contributed by atoms with Crippen LogP contribution >= 0.6 is 0 Å². The highest BCUT2D eigenvalue weighted by Gasteiger charge is 2.37. The summed E-state index contributed by atoms with van der Waals surface area (Å²) in [5, 5.41) is 7.48. The predicted molar refractivity (Wildman–Crippen MR) is 188 cm³/mol. The van der Waals surface area contributed by atoms with Gasteiger partial charge in [0.15, 0.2) is 5.82 Å². The maximum Gasteiger partial charge on any atom is 0.160 e. The maximum absolute atomic E-state index is 5.26. The Morgan fingerprint density at radius 2 is 1.09 bits per heavy atom. The molecule has 9 rings (SSSR count). The van der Waals surface area contributed by atoms with Gasteiger partial charge in [0.25, 0.3) is 0 Å². The first-order valence-corrected chi connectivity index (χ1v) is 15.6. The lowest BCUT2D eigenvalue weighted by Gasteiger charge is -2.22. The molecule has 1 aromatic heterocycles. The van der Waals surface area contributed by atoms with E-state index in [0.717, 1.165) is 33.9 Å². The summed E-state index contributed by atoms with van der Waals surface area (Å²) in [5.41, 5.74) is 10.2. The molecule has 0 bridgehead atoms. The van der Waals surface area contributed by atoms with Gasteiger partial charge in [0.1, 0.15) is 0 Å². The Morgan fingerprint density at radius 3 is 1.91 bits per heavy atom. The van der Waals surface area contributed by atoms with Gasteiger partial charge in [-0.25, -0.2) is 9.97 Å². The Kier molecular flexibility index (Phi) is 5.58. The maximum atomic E-state index is 5.26. The Morgan fingerprint density at radius 1 is 0.422 bits per heavy atom. The van der Waals surface area contributed by atoms with E-state index < -0.39 is 0 Å². The SMILES string of the molecule is CC1(C)c2cc3ccccc3cc2-c2c(-c3cc(-c4ccc5ccc6ccccc6c5c4)nc(-c4ccccc4)n3)cccc21. The van der Waals surface area contributed by atoms with Gasteiger partial charge in [0.2, 0.25) is 0 Å². The third kappa shape index (κ3) is 4.03. The first kappa shape index (κ1) is 25.9. The van der Waals surface area contributed by atoms with Gasteiger partial charge in [-0.1, -0.05) is 135 Å². The largest absolute Gasteiger partial charge is 0.228 e. The molecule has 0 radical (unpaired) electrons. The highest BCUT2D eigenvalue weighted by Crippen LogP contribution is 2.53. The van der Waals surface area contributed by atoms with E-state index in [1.807, 2.05) is 6.07 Å². The molecule has 0 unspecified atom stereocenters. The highest BCUT2D eigenvalue weighted by molar-refractivity contribution is 6.08. The molecule has 0 aliphatic heterocycles. The van der Waals surface area contributed by atoms with E-state index in [-0.39, 0.29) is 5.41 Å². The molecule has 1 aliphatic carbocycles. The third-order valence-electron chi connectivity index (χ3n) is 9.64. The number of benzene rings is 7. The summed E-state index contributed by atoms with van der Waals surface area (Å²) in [6, 6.07) is 52.3. The molecule has 1 aliphatic rings. The molecule has 2 heteroatoms. The fourth-order valence-electron chi connectivity index (χ4n) is 7.30. The fraction of sp³-hybridized carbons (Fsp3) is 0.0698. The van der Waals surface area contributed by atoms with E-state index in [4.69, 9.17) is 9.97 Å². The Balaban J connectivity index is 1.30. The van der Waals surface area contributed by atoms with E-state index >= 15 is 0 Å². The average Bonchev–Trinajstić information content (AvgIpc) is 3.32. The number of fused-ring (bicyclic) bond motifs is 7. The predicted octanol–water partition coefficient (Wildman–Crippen LogP) is 11.2. The van der Waals surface area contributed by atoms with Crippen LogP contribution in [0.5, 0.6) is 0 Å². The minimum absolute atomic E-state index is 0.123. The normalized spacial score (nSPS) is 13.3. The van der Waals surface area contributed by atoms with Gasteiger partial charge in [-0.05, 0) is 78.8 Å². The van der Waals surface area contributed by atoms with Gasteiger partial charge < -0.3 is 0 Å². The van der Waals surface area contributed by atoms with Crippen molar-refractivity contribution in [3.05, 3.63) is 157 Å². The van der Waals surface area contributed by atoms with Crippen molar-refractivity contribution in [1.82, 2.24) is 9.97 Å². The van der Waals surface area contributed by atoms with E-state index in [9.17, 15) is 0 Å². The zero-order valence-corrected chi connectivity index (χ0v) is 25.3. The summed E-state index contributed by atoms with van der Waals surface area (Å²) in [5.74, 6) is 0.731. The van der Waals surface area contributed by atoms with Crippen LogP contribution in [-0.4, -0.2) is 9.97 Å². The Hall–Kier alpha value is -5.60. The lowest BCUT2D eigenvalue weighted by Crippen LogP contribution is -2.14. The van der Waals surface area contributed by atoms with Crippen molar-refractivity contribution in [2.24, 2.45) is 0 Å². The van der Waals surface area contributed by atoms with Gasteiger partial charge in [0, 0.05) is 22.1 Å². The Labute approximate surface area is 262 Å². The van der Waals surface area contributed by atoms with E-state index in [0.29, 0.717) is 0 Å². The van der Waals surface area contributed by atoms with E-state index in [1.54, 1.807) is 0 Å². The molecule has 0 spiro atoms. The van der Waals surface area contributed by atoms with E-state index in [2.05, 4.69) is 153 Å². The van der Waals surface area contributed by atoms with E-state index in [1.165, 1.54) is 54.6 Å². The second kappa shape index (κ2) is 9.70. The van der Waals surface area contributed by atoms with Gasteiger partial charge in [-0.3, -0.25) is 0 Å². The number of aromatic nitrogens is 2. The van der Waals surface area contributed by atoms with Crippen molar-refractivity contribution in [1.29, 1.82) is 0 Å². The van der Waals surface area contributed by atoms with Crippen molar-refractivity contribution < 1.29 is 0 Å². The molecular formula is C43H30N2. The molecule has 1 heterocycles. The smallest absolute Gasteiger partial charge is 0.160 e. The molecule has 0 amide bonds. The molecular weight excluding hydrogens is 544 g/mol. The molecule has 0 saturated carbocycles. The summed E-state index contributed by atoms with van der Waals surface area (Å²) in [7, 11) is 0. The van der Waals surface area contributed by atoms with Crippen LogP contribution in [0.2, 0.25) is 0 Å². The summed E-state index contributed by atoms with van der Waals surface area (Å²) in [6.07, 6.45) is 0. The zero-order valence-electron chi connectivity index (χ0n) is 25.3. The van der Waals surface area contributed by atoms with Gasteiger partial charge in [0.05, 0.1) is 11.4 Å². The quantitative estimate of drug-likeness (QED) is 0.196. The van der Waals surface area contributed by atoms with Crippen molar-refractivity contribution in [3.63, 3.8) is 0 Å². The van der Waals surface area contributed by atoms with Crippen LogP contribution in [-0.2, 0) is 5.41 Å². The van der Waals surface area contributed by atoms with Crippen LogP contribution in [0.4, 0.5) is 0 Å².